The molecule has 0 saturated carbocycles. The van der Waals surface area contributed by atoms with Crippen LogP contribution in [-0.4, -0.2) is 55.0 Å². The summed E-state index contributed by atoms with van der Waals surface area (Å²) in [7, 11) is 2.13. The number of aromatic nitrogens is 7. The van der Waals surface area contributed by atoms with Gasteiger partial charge in [0.2, 0.25) is 0 Å². The lowest BCUT2D eigenvalue weighted by Crippen LogP contribution is -2.26. The Morgan fingerprint density at radius 1 is 0.975 bits per heavy atom. The molecule has 3 N–H and O–H groups in total. The molecular weight excluding hydrogens is 504 g/mol. The summed E-state index contributed by atoms with van der Waals surface area (Å²) in [5.41, 5.74) is 8.27. The number of ether oxygens (including phenoxy) is 1. The number of rotatable bonds is 6. The Kier molecular flexibility index (Phi) is 5.93. The molecule has 1 aromatic carbocycles. The number of nitrogens with zero attached hydrogens (tertiary/aromatic N) is 7. The van der Waals surface area contributed by atoms with Crippen molar-refractivity contribution in [3.63, 3.8) is 0 Å². The molecule has 0 amide bonds. The fourth-order valence-electron chi connectivity index (χ4n) is 5.66. The van der Waals surface area contributed by atoms with Crippen molar-refractivity contribution in [1.82, 2.24) is 34.7 Å². The number of H-pyrrole nitrogens is 1. The van der Waals surface area contributed by atoms with Gasteiger partial charge in [-0.2, -0.15) is 5.10 Å². The topological polar surface area (TPSA) is 122 Å². The van der Waals surface area contributed by atoms with Gasteiger partial charge in [-0.3, -0.25) is 4.68 Å². The van der Waals surface area contributed by atoms with Crippen LogP contribution in [0, 0.1) is 13.8 Å². The molecule has 4 aromatic heterocycles. The minimum atomic E-state index is 0.293. The van der Waals surface area contributed by atoms with Crippen LogP contribution in [0.2, 0.25) is 0 Å². The van der Waals surface area contributed by atoms with Gasteiger partial charge in [-0.05, 0) is 26.3 Å². The van der Waals surface area contributed by atoms with Gasteiger partial charge >= 0.3 is 0 Å². The average molecular weight is 535 g/mol. The van der Waals surface area contributed by atoms with Crippen LogP contribution >= 0.6 is 0 Å². The lowest BCUT2D eigenvalue weighted by molar-refractivity contribution is 0.184. The number of hydrogen-bond donors (Lipinski definition) is 3. The Bertz CT molecular complexity index is 1670. The first kappa shape index (κ1) is 24.3. The zero-order chi connectivity index (χ0) is 27.2. The summed E-state index contributed by atoms with van der Waals surface area (Å²) in [6, 6.07) is 10.5. The van der Waals surface area contributed by atoms with E-state index in [1.807, 2.05) is 44.6 Å². The smallest absolute Gasteiger partial charge is 0.140 e. The first-order chi connectivity index (χ1) is 19.5. The van der Waals surface area contributed by atoms with Gasteiger partial charge in [0.15, 0.2) is 0 Å². The standard InChI is InChI=1S/C29H30N10O/c1-17-11-27(35-18(2)34-17)37-26-12-24(22(13-32-26)29-30-8-9-31-29)36-23-6-4-5-20-21-14-33-39(19-7-10-40-16-19)25(21)15-38(3)28(20)23/h4-6,8-9,11-14,19H,7,10,15-16H2,1-3H3,(H,30,31)(H2,32,34,35,36,37)/t19-/m0/s1. The molecule has 1 fully saturated rings. The summed E-state index contributed by atoms with van der Waals surface area (Å²) < 4.78 is 7.81. The van der Waals surface area contributed by atoms with Crippen LogP contribution in [0.3, 0.4) is 0 Å². The molecule has 2 aliphatic heterocycles. The van der Waals surface area contributed by atoms with Crippen molar-refractivity contribution >= 4 is 28.7 Å². The molecule has 6 heterocycles. The first-order valence-electron chi connectivity index (χ1n) is 13.4. The third-order valence-corrected chi connectivity index (χ3v) is 7.39. The maximum absolute atomic E-state index is 5.64. The molecule has 0 radical (unpaired) electrons. The van der Waals surface area contributed by atoms with Crippen LogP contribution in [0.5, 0.6) is 0 Å². The summed E-state index contributed by atoms with van der Waals surface area (Å²) >= 11 is 0. The quantitative estimate of drug-likeness (QED) is 0.272. The zero-order valence-electron chi connectivity index (χ0n) is 22.6. The molecular formula is C29H30N10O. The van der Waals surface area contributed by atoms with Crippen molar-refractivity contribution in [2.75, 3.05) is 35.8 Å². The number of anilines is 5. The Hall–Kier alpha value is -4.77. The van der Waals surface area contributed by atoms with E-state index in [0.717, 1.165) is 59.3 Å². The molecule has 11 nitrogen and oxygen atoms in total. The number of benzene rings is 1. The predicted octanol–water partition coefficient (Wildman–Crippen LogP) is 5.14. The molecule has 0 unspecified atom stereocenters. The molecule has 5 aromatic rings. The van der Waals surface area contributed by atoms with E-state index >= 15 is 0 Å². The molecule has 11 heteroatoms. The Morgan fingerprint density at radius 3 is 2.70 bits per heavy atom. The van der Waals surface area contributed by atoms with Gasteiger partial charge in [-0.1, -0.05) is 12.1 Å². The number of aryl methyl sites for hydroxylation is 2. The zero-order valence-corrected chi connectivity index (χ0v) is 22.6. The maximum Gasteiger partial charge on any atom is 0.140 e. The molecule has 0 spiro atoms. The molecule has 1 atom stereocenters. The van der Waals surface area contributed by atoms with E-state index in [1.54, 1.807) is 6.20 Å². The molecule has 1 saturated heterocycles. The average Bonchev–Trinajstić information content (AvgIpc) is 3.70. The number of fused-ring (bicyclic) bond motifs is 3. The third kappa shape index (κ3) is 4.34. The second-order valence-electron chi connectivity index (χ2n) is 10.3. The summed E-state index contributed by atoms with van der Waals surface area (Å²) in [6.45, 7) is 6.10. The second kappa shape index (κ2) is 9.76. The lowest BCUT2D eigenvalue weighted by atomic mass is 9.97. The van der Waals surface area contributed by atoms with Crippen molar-refractivity contribution in [2.24, 2.45) is 0 Å². The summed E-state index contributed by atoms with van der Waals surface area (Å²) in [5, 5.41) is 11.8. The van der Waals surface area contributed by atoms with Crippen molar-refractivity contribution in [3.8, 4) is 22.5 Å². The maximum atomic E-state index is 5.64. The Balaban J connectivity index is 1.28. The minimum Gasteiger partial charge on any atom is -0.379 e. The van der Waals surface area contributed by atoms with Crippen LogP contribution in [0.25, 0.3) is 22.5 Å². The molecule has 0 bridgehead atoms. The Labute approximate surface area is 231 Å². The normalized spacial score (nSPS) is 16.1. The van der Waals surface area contributed by atoms with Crippen molar-refractivity contribution in [3.05, 3.63) is 72.3 Å². The molecule has 7 rings (SSSR count). The van der Waals surface area contributed by atoms with Crippen molar-refractivity contribution < 1.29 is 4.74 Å². The van der Waals surface area contributed by atoms with Gasteiger partial charge in [0.25, 0.3) is 0 Å². The van der Waals surface area contributed by atoms with E-state index in [2.05, 4.69) is 70.4 Å². The van der Waals surface area contributed by atoms with E-state index in [4.69, 9.17) is 9.84 Å². The Morgan fingerprint density at radius 2 is 1.90 bits per heavy atom. The highest BCUT2D eigenvalue weighted by molar-refractivity contribution is 5.93. The third-order valence-electron chi connectivity index (χ3n) is 7.39. The summed E-state index contributed by atoms with van der Waals surface area (Å²) in [4.78, 5) is 23.5. The van der Waals surface area contributed by atoms with Gasteiger partial charge in [0, 0.05) is 61.2 Å². The number of aromatic amines is 1. The fraction of sp³-hybridized carbons (Fsp3) is 0.276. The van der Waals surface area contributed by atoms with E-state index in [-0.39, 0.29) is 0 Å². The molecule has 2 aliphatic rings. The second-order valence-corrected chi connectivity index (χ2v) is 10.3. The van der Waals surface area contributed by atoms with E-state index in [9.17, 15) is 0 Å². The monoisotopic (exact) mass is 534 g/mol. The summed E-state index contributed by atoms with van der Waals surface area (Å²) in [5.74, 6) is 2.80. The van der Waals surface area contributed by atoms with Gasteiger partial charge in [-0.25, -0.2) is 19.9 Å². The molecule has 202 valence electrons. The van der Waals surface area contributed by atoms with Crippen LogP contribution in [0.4, 0.5) is 28.7 Å². The van der Waals surface area contributed by atoms with E-state index in [0.29, 0.717) is 30.1 Å². The minimum absolute atomic E-state index is 0.293. The number of hydrogen-bond acceptors (Lipinski definition) is 9. The van der Waals surface area contributed by atoms with Crippen molar-refractivity contribution in [2.45, 2.75) is 32.9 Å². The summed E-state index contributed by atoms with van der Waals surface area (Å²) in [6.07, 6.45) is 8.36. The van der Waals surface area contributed by atoms with Gasteiger partial charge in [0.05, 0.1) is 53.7 Å². The molecule has 0 aliphatic carbocycles. The van der Waals surface area contributed by atoms with Crippen LogP contribution in [-0.2, 0) is 11.3 Å². The van der Waals surface area contributed by atoms with E-state index < -0.39 is 0 Å². The lowest BCUT2D eigenvalue weighted by Gasteiger charge is -2.31. The van der Waals surface area contributed by atoms with E-state index in [1.165, 1.54) is 11.3 Å². The van der Waals surface area contributed by atoms with Crippen molar-refractivity contribution in [1.29, 1.82) is 0 Å². The first-order valence-corrected chi connectivity index (χ1v) is 13.4. The van der Waals surface area contributed by atoms with Gasteiger partial charge in [-0.15, -0.1) is 0 Å². The SMILES string of the molecule is Cc1cc(Nc2cc(Nc3cccc4c3N(C)Cc3c-4cnn3[C@H]3CCOC3)c(-c3ncc[nH]3)cn2)nc(C)n1. The highest BCUT2D eigenvalue weighted by Gasteiger charge is 2.30. The number of pyridine rings is 1. The number of para-hydroxylation sites is 1. The highest BCUT2D eigenvalue weighted by Crippen LogP contribution is 2.45. The molecule has 40 heavy (non-hydrogen) atoms. The number of nitrogens with one attached hydrogen (secondary N) is 3. The van der Waals surface area contributed by atoms with Crippen LogP contribution < -0.4 is 15.5 Å². The predicted molar refractivity (Wildman–Crippen MR) is 154 cm³/mol. The van der Waals surface area contributed by atoms with Crippen LogP contribution in [0.15, 0.2) is 55.1 Å². The van der Waals surface area contributed by atoms with Gasteiger partial charge in [0.1, 0.15) is 23.3 Å². The number of imidazole rings is 1. The van der Waals surface area contributed by atoms with Gasteiger partial charge < -0.3 is 25.3 Å². The highest BCUT2D eigenvalue weighted by atomic mass is 16.5. The largest absolute Gasteiger partial charge is 0.379 e. The fourth-order valence-corrected chi connectivity index (χ4v) is 5.66. The van der Waals surface area contributed by atoms with Crippen LogP contribution in [0.1, 0.15) is 29.7 Å².